The summed E-state index contributed by atoms with van der Waals surface area (Å²) < 4.78 is 0. The van der Waals surface area contributed by atoms with E-state index in [1.807, 2.05) is 37.4 Å². The third-order valence-corrected chi connectivity index (χ3v) is 2.45. The fraction of sp³-hybridized carbons (Fsp3) is 0.143. The van der Waals surface area contributed by atoms with Crippen LogP contribution in [0.25, 0.3) is 10.8 Å². The van der Waals surface area contributed by atoms with Crippen molar-refractivity contribution in [3.05, 3.63) is 42.0 Å². The van der Waals surface area contributed by atoms with E-state index in [0.29, 0.717) is 6.54 Å². The van der Waals surface area contributed by atoms with E-state index < -0.39 is 0 Å². The van der Waals surface area contributed by atoms with Gasteiger partial charge in [-0.2, -0.15) is 0 Å². The van der Waals surface area contributed by atoms with Gasteiger partial charge in [-0.05, 0) is 24.6 Å². The van der Waals surface area contributed by atoms with Crippen LogP contribution in [-0.4, -0.2) is 13.6 Å². The highest BCUT2D eigenvalue weighted by molar-refractivity contribution is 5.96. The summed E-state index contributed by atoms with van der Waals surface area (Å²) in [5, 5.41) is 5.18. The Morgan fingerprint density at radius 2 is 1.88 bits per heavy atom. The second kappa shape index (κ2) is 4.69. The molecule has 0 heterocycles. The largest absolute Gasteiger partial charge is 0.398 e. The quantitative estimate of drug-likeness (QED) is 0.558. The van der Waals surface area contributed by atoms with Crippen LogP contribution in [0.15, 0.2) is 36.4 Å². The van der Waals surface area contributed by atoms with Crippen molar-refractivity contribution >= 4 is 16.5 Å². The Balaban J connectivity index is 2.56. The molecule has 16 heavy (non-hydrogen) atoms. The Kier molecular flexibility index (Phi) is 3.09. The van der Waals surface area contributed by atoms with Crippen molar-refractivity contribution in [3.63, 3.8) is 0 Å². The molecule has 2 nitrogen and oxygen atoms in total. The molecule has 0 amide bonds. The summed E-state index contributed by atoms with van der Waals surface area (Å²) in [4.78, 5) is 0. The van der Waals surface area contributed by atoms with Crippen molar-refractivity contribution in [1.29, 1.82) is 0 Å². The van der Waals surface area contributed by atoms with E-state index in [1.54, 1.807) is 0 Å². The van der Waals surface area contributed by atoms with Gasteiger partial charge in [0.1, 0.15) is 0 Å². The molecule has 2 aromatic carbocycles. The molecule has 0 fully saturated rings. The van der Waals surface area contributed by atoms with Gasteiger partial charge in [-0.3, -0.25) is 0 Å². The molecule has 0 spiro atoms. The van der Waals surface area contributed by atoms with Crippen molar-refractivity contribution < 1.29 is 0 Å². The Bertz CT molecular complexity index is 562. The number of benzene rings is 2. The topological polar surface area (TPSA) is 38.0 Å². The minimum Gasteiger partial charge on any atom is -0.398 e. The van der Waals surface area contributed by atoms with Gasteiger partial charge < -0.3 is 11.1 Å². The lowest BCUT2D eigenvalue weighted by molar-refractivity contribution is 0.938. The van der Waals surface area contributed by atoms with E-state index >= 15 is 0 Å². The smallest absolute Gasteiger partial charge is 0.0577 e. The maximum absolute atomic E-state index is 5.92. The van der Waals surface area contributed by atoms with Crippen LogP contribution in [0.4, 0.5) is 5.69 Å². The number of nitrogen functional groups attached to an aromatic ring is 1. The zero-order valence-electron chi connectivity index (χ0n) is 9.25. The van der Waals surface area contributed by atoms with Gasteiger partial charge in [0, 0.05) is 16.6 Å². The van der Waals surface area contributed by atoms with Crippen LogP contribution in [0.5, 0.6) is 0 Å². The molecular weight excluding hydrogens is 196 g/mol. The summed E-state index contributed by atoms with van der Waals surface area (Å²) in [5.41, 5.74) is 7.75. The van der Waals surface area contributed by atoms with Gasteiger partial charge in [-0.25, -0.2) is 0 Å². The Morgan fingerprint density at radius 3 is 2.62 bits per heavy atom. The van der Waals surface area contributed by atoms with Crippen LogP contribution in [0, 0.1) is 11.8 Å². The molecule has 0 atom stereocenters. The number of nitrogens with one attached hydrogen (secondary N) is 1. The molecule has 3 N–H and O–H groups in total. The zero-order chi connectivity index (χ0) is 11.4. The predicted molar refractivity (Wildman–Crippen MR) is 69.2 cm³/mol. The van der Waals surface area contributed by atoms with Crippen LogP contribution in [0.2, 0.25) is 0 Å². The first-order chi connectivity index (χ1) is 7.83. The average molecular weight is 210 g/mol. The zero-order valence-corrected chi connectivity index (χ0v) is 9.25. The van der Waals surface area contributed by atoms with E-state index in [-0.39, 0.29) is 0 Å². The molecule has 0 bridgehead atoms. The summed E-state index contributed by atoms with van der Waals surface area (Å²) in [6, 6.07) is 11.9. The summed E-state index contributed by atoms with van der Waals surface area (Å²) in [5.74, 6) is 6.21. The molecule has 80 valence electrons. The van der Waals surface area contributed by atoms with Crippen molar-refractivity contribution in [1.82, 2.24) is 5.32 Å². The summed E-state index contributed by atoms with van der Waals surface area (Å²) in [6.45, 7) is 0.693. The molecule has 2 rings (SSSR count). The van der Waals surface area contributed by atoms with Gasteiger partial charge in [0.25, 0.3) is 0 Å². The van der Waals surface area contributed by atoms with Crippen LogP contribution in [0.3, 0.4) is 0 Å². The highest BCUT2D eigenvalue weighted by Gasteiger charge is 2.00. The lowest BCUT2D eigenvalue weighted by Gasteiger charge is -2.03. The van der Waals surface area contributed by atoms with Gasteiger partial charge in [0.15, 0.2) is 0 Å². The highest BCUT2D eigenvalue weighted by atomic mass is 14.8. The summed E-state index contributed by atoms with van der Waals surface area (Å²) >= 11 is 0. The first kappa shape index (κ1) is 10.5. The molecule has 0 aliphatic heterocycles. The first-order valence-corrected chi connectivity index (χ1v) is 5.23. The number of rotatable bonds is 1. The second-order valence-corrected chi connectivity index (χ2v) is 3.58. The van der Waals surface area contributed by atoms with E-state index in [1.165, 1.54) is 0 Å². The van der Waals surface area contributed by atoms with Gasteiger partial charge in [0.2, 0.25) is 0 Å². The van der Waals surface area contributed by atoms with Gasteiger partial charge in [-0.15, -0.1) is 0 Å². The van der Waals surface area contributed by atoms with Crippen LogP contribution in [0.1, 0.15) is 5.56 Å². The number of nitrogens with two attached hydrogens (primary N) is 1. The molecule has 0 radical (unpaired) electrons. The Labute approximate surface area is 95.5 Å². The second-order valence-electron chi connectivity index (χ2n) is 3.58. The monoisotopic (exact) mass is 210 g/mol. The van der Waals surface area contributed by atoms with Crippen LogP contribution in [-0.2, 0) is 0 Å². The molecule has 0 saturated heterocycles. The van der Waals surface area contributed by atoms with Gasteiger partial charge in [-0.1, -0.05) is 36.1 Å². The third-order valence-electron chi connectivity index (χ3n) is 2.45. The molecule has 0 aliphatic rings. The fourth-order valence-electron chi connectivity index (χ4n) is 1.66. The first-order valence-electron chi connectivity index (χ1n) is 5.23. The van der Waals surface area contributed by atoms with E-state index in [2.05, 4.69) is 23.2 Å². The number of fused-ring (bicyclic) bond motifs is 1. The van der Waals surface area contributed by atoms with Crippen molar-refractivity contribution in [2.75, 3.05) is 19.3 Å². The lowest BCUT2D eigenvalue weighted by Crippen LogP contribution is -2.04. The minimum absolute atomic E-state index is 0.693. The molecule has 2 aromatic rings. The Hall–Kier alpha value is -1.98. The van der Waals surface area contributed by atoms with Crippen LogP contribution >= 0.6 is 0 Å². The van der Waals surface area contributed by atoms with Crippen molar-refractivity contribution in [2.24, 2.45) is 0 Å². The molecule has 0 aromatic heterocycles. The molecule has 0 saturated carbocycles. The highest BCUT2D eigenvalue weighted by Crippen LogP contribution is 2.23. The minimum atomic E-state index is 0.693. The van der Waals surface area contributed by atoms with E-state index in [0.717, 1.165) is 22.0 Å². The third kappa shape index (κ3) is 2.00. The lowest BCUT2D eigenvalue weighted by atomic mass is 10.0. The molecular formula is C14H14N2. The maximum Gasteiger partial charge on any atom is 0.0577 e. The van der Waals surface area contributed by atoms with Crippen molar-refractivity contribution in [2.45, 2.75) is 0 Å². The summed E-state index contributed by atoms with van der Waals surface area (Å²) in [6.07, 6.45) is 0. The van der Waals surface area contributed by atoms with E-state index in [9.17, 15) is 0 Å². The van der Waals surface area contributed by atoms with Gasteiger partial charge in [0.05, 0.1) is 6.54 Å². The number of anilines is 1. The Morgan fingerprint density at radius 1 is 1.12 bits per heavy atom. The maximum atomic E-state index is 5.92. The number of hydrogen-bond donors (Lipinski definition) is 2. The van der Waals surface area contributed by atoms with Crippen molar-refractivity contribution in [3.8, 4) is 11.8 Å². The number of hydrogen-bond acceptors (Lipinski definition) is 2. The normalized spacial score (nSPS) is 9.81. The summed E-state index contributed by atoms with van der Waals surface area (Å²) in [7, 11) is 1.88. The SMILES string of the molecule is CNCC#Cc1ccc(N)c2ccccc12. The standard InChI is InChI=1S/C14H14N2/c1-16-10-4-5-11-8-9-14(15)13-7-3-2-6-12(11)13/h2-3,6-9,16H,10,15H2,1H3. The molecule has 0 aliphatic carbocycles. The predicted octanol–water partition coefficient (Wildman–Crippen LogP) is 1.99. The van der Waals surface area contributed by atoms with Gasteiger partial charge >= 0.3 is 0 Å². The molecule has 2 heteroatoms. The molecule has 0 unspecified atom stereocenters. The van der Waals surface area contributed by atoms with E-state index in [4.69, 9.17) is 5.73 Å². The van der Waals surface area contributed by atoms with Crippen LogP contribution < -0.4 is 11.1 Å². The average Bonchev–Trinajstić information content (AvgIpc) is 2.33. The fourth-order valence-corrected chi connectivity index (χ4v) is 1.66.